The summed E-state index contributed by atoms with van der Waals surface area (Å²) < 4.78 is 35.1. The molecule has 0 spiro atoms. The molecule has 0 fully saturated rings. The Labute approximate surface area is 114 Å². The molecule has 0 atom stereocenters. The third kappa shape index (κ3) is 2.68. The van der Waals surface area contributed by atoms with E-state index in [2.05, 4.69) is 9.84 Å². The van der Waals surface area contributed by atoms with Gasteiger partial charge in [0, 0.05) is 0 Å². The summed E-state index contributed by atoms with van der Waals surface area (Å²) in [7, 11) is -3.12. The van der Waals surface area contributed by atoms with Gasteiger partial charge in [0.15, 0.2) is 5.71 Å². The molecular weight excluding hydrogens is 288 g/mol. The third-order valence-corrected chi connectivity index (χ3v) is 3.44. The summed E-state index contributed by atoms with van der Waals surface area (Å²) in [5.74, 6) is -1.14. The van der Waals surface area contributed by atoms with Gasteiger partial charge in [-0.1, -0.05) is 0 Å². The maximum absolute atomic E-state index is 11.7. The third-order valence-electron chi connectivity index (χ3n) is 2.58. The lowest BCUT2D eigenvalue weighted by molar-refractivity contribution is -0.133. The first-order valence-electron chi connectivity index (χ1n) is 5.39. The number of hydrogen-bond acceptors (Lipinski definition) is 6. The van der Waals surface area contributed by atoms with E-state index in [-0.39, 0.29) is 22.7 Å². The van der Waals surface area contributed by atoms with Gasteiger partial charge in [-0.05, 0) is 24.3 Å². The molecule has 1 aliphatic rings. The maximum Gasteiger partial charge on any atom is 0.354 e. The van der Waals surface area contributed by atoms with Gasteiger partial charge in [0.2, 0.25) is 0 Å². The fourth-order valence-corrected chi connectivity index (χ4v) is 2.10. The molecule has 0 unspecified atom stereocenters. The lowest BCUT2D eigenvalue weighted by atomic mass is 10.2. The van der Waals surface area contributed by atoms with Crippen LogP contribution in [-0.2, 0) is 24.4 Å². The SMILES string of the molecule is COC(=O)C1=NN(c2ccc(S(=O)(=O)O)cc2)C(=O)C1. The van der Waals surface area contributed by atoms with E-state index in [1.165, 1.54) is 19.2 Å². The average molecular weight is 298 g/mol. The van der Waals surface area contributed by atoms with Gasteiger partial charge in [-0.3, -0.25) is 9.35 Å². The van der Waals surface area contributed by atoms with Crippen LogP contribution in [0.5, 0.6) is 0 Å². The number of hydrazone groups is 1. The Balaban J connectivity index is 2.31. The van der Waals surface area contributed by atoms with Crippen LogP contribution >= 0.6 is 0 Å². The van der Waals surface area contributed by atoms with Crippen LogP contribution in [0.15, 0.2) is 34.3 Å². The van der Waals surface area contributed by atoms with E-state index < -0.39 is 22.0 Å². The largest absolute Gasteiger partial charge is 0.464 e. The van der Waals surface area contributed by atoms with Crippen molar-refractivity contribution in [2.24, 2.45) is 5.10 Å². The minimum absolute atomic E-state index is 0.0312. The van der Waals surface area contributed by atoms with Gasteiger partial charge < -0.3 is 4.74 Å². The predicted octanol–water partition coefficient (Wildman–Crippen LogP) is 0.199. The Morgan fingerprint density at radius 3 is 2.45 bits per heavy atom. The van der Waals surface area contributed by atoms with Crippen molar-refractivity contribution < 1.29 is 27.3 Å². The van der Waals surface area contributed by atoms with E-state index in [0.717, 1.165) is 17.1 Å². The zero-order chi connectivity index (χ0) is 14.9. The molecule has 106 valence electrons. The van der Waals surface area contributed by atoms with Crippen molar-refractivity contribution in [1.29, 1.82) is 0 Å². The van der Waals surface area contributed by atoms with Gasteiger partial charge in [-0.2, -0.15) is 18.5 Å². The second kappa shape index (κ2) is 5.02. The molecule has 1 aromatic carbocycles. The van der Waals surface area contributed by atoms with Crippen molar-refractivity contribution in [3.05, 3.63) is 24.3 Å². The Kier molecular flexibility index (Phi) is 3.55. The van der Waals surface area contributed by atoms with Crippen molar-refractivity contribution in [1.82, 2.24) is 0 Å². The Morgan fingerprint density at radius 1 is 1.35 bits per heavy atom. The summed E-state index contributed by atoms with van der Waals surface area (Å²) in [6, 6.07) is 4.85. The van der Waals surface area contributed by atoms with Crippen LogP contribution in [0.1, 0.15) is 6.42 Å². The number of carbonyl (C=O) groups is 2. The lowest BCUT2D eigenvalue weighted by Crippen LogP contribution is -2.19. The number of esters is 1. The molecule has 1 amide bonds. The quantitative estimate of drug-likeness (QED) is 0.630. The van der Waals surface area contributed by atoms with Crippen LogP contribution in [-0.4, -0.2) is 37.7 Å². The molecular formula is C11H10N2O6S. The van der Waals surface area contributed by atoms with E-state index in [9.17, 15) is 18.0 Å². The first-order valence-corrected chi connectivity index (χ1v) is 6.83. The van der Waals surface area contributed by atoms with E-state index in [0.29, 0.717) is 0 Å². The minimum atomic E-state index is -4.30. The summed E-state index contributed by atoms with van der Waals surface area (Å²) in [5.41, 5.74) is 0.248. The first-order chi connectivity index (χ1) is 9.32. The van der Waals surface area contributed by atoms with Crippen LogP contribution in [0.4, 0.5) is 5.69 Å². The second-order valence-corrected chi connectivity index (χ2v) is 5.31. The van der Waals surface area contributed by atoms with Crippen molar-refractivity contribution in [2.75, 3.05) is 12.1 Å². The Morgan fingerprint density at radius 2 is 1.95 bits per heavy atom. The topological polar surface area (TPSA) is 113 Å². The van der Waals surface area contributed by atoms with Gasteiger partial charge in [0.25, 0.3) is 16.0 Å². The highest BCUT2D eigenvalue weighted by Crippen LogP contribution is 2.22. The summed E-state index contributed by atoms with van der Waals surface area (Å²) >= 11 is 0. The number of carbonyl (C=O) groups excluding carboxylic acids is 2. The molecule has 9 heteroatoms. The monoisotopic (exact) mass is 298 g/mol. The molecule has 0 bridgehead atoms. The van der Waals surface area contributed by atoms with Gasteiger partial charge in [-0.15, -0.1) is 0 Å². The minimum Gasteiger partial charge on any atom is -0.464 e. The molecule has 20 heavy (non-hydrogen) atoms. The molecule has 8 nitrogen and oxygen atoms in total. The zero-order valence-corrected chi connectivity index (χ0v) is 11.1. The second-order valence-electron chi connectivity index (χ2n) is 3.89. The molecule has 0 radical (unpaired) electrons. The summed E-state index contributed by atoms with van der Waals surface area (Å²) in [6.07, 6.45) is -0.188. The van der Waals surface area contributed by atoms with Crippen molar-refractivity contribution >= 4 is 33.4 Å². The zero-order valence-electron chi connectivity index (χ0n) is 10.3. The average Bonchev–Trinajstić information content (AvgIpc) is 2.79. The highest BCUT2D eigenvalue weighted by atomic mass is 32.2. The van der Waals surface area contributed by atoms with Gasteiger partial charge in [0.05, 0.1) is 24.1 Å². The van der Waals surface area contributed by atoms with Crippen molar-refractivity contribution in [3.8, 4) is 0 Å². The molecule has 1 N–H and O–H groups in total. The normalized spacial score (nSPS) is 15.2. The molecule has 0 aliphatic carbocycles. The lowest BCUT2D eigenvalue weighted by Gasteiger charge is -2.11. The Bertz CT molecular complexity index is 692. The van der Waals surface area contributed by atoms with E-state index in [1.54, 1.807) is 0 Å². The van der Waals surface area contributed by atoms with E-state index in [1.807, 2.05) is 0 Å². The fourth-order valence-electron chi connectivity index (χ4n) is 1.62. The molecule has 1 aliphatic heterocycles. The summed E-state index contributed by atoms with van der Waals surface area (Å²) in [6.45, 7) is 0. The van der Waals surface area contributed by atoms with Crippen molar-refractivity contribution in [2.45, 2.75) is 11.3 Å². The van der Waals surface area contributed by atoms with E-state index >= 15 is 0 Å². The van der Waals surface area contributed by atoms with Crippen LogP contribution in [0.25, 0.3) is 0 Å². The molecule has 1 aromatic rings. The number of rotatable bonds is 3. The number of amides is 1. The van der Waals surface area contributed by atoms with Gasteiger partial charge >= 0.3 is 5.97 Å². The van der Waals surface area contributed by atoms with Crippen LogP contribution < -0.4 is 5.01 Å². The molecule has 0 saturated heterocycles. The van der Waals surface area contributed by atoms with Crippen LogP contribution in [0.2, 0.25) is 0 Å². The maximum atomic E-state index is 11.7. The number of methoxy groups -OCH3 is 1. The number of benzene rings is 1. The van der Waals surface area contributed by atoms with E-state index in [4.69, 9.17) is 4.55 Å². The molecule has 2 rings (SSSR count). The molecule has 1 heterocycles. The standard InChI is InChI=1S/C11H10N2O6S/c1-19-11(15)9-6-10(14)13(12-9)7-2-4-8(5-3-7)20(16,17)18/h2-5H,6H2,1H3,(H,16,17,18). The first kappa shape index (κ1) is 14.2. The smallest absolute Gasteiger partial charge is 0.354 e. The highest BCUT2D eigenvalue weighted by molar-refractivity contribution is 7.85. The fraction of sp³-hybridized carbons (Fsp3) is 0.182. The molecule has 0 saturated carbocycles. The van der Waals surface area contributed by atoms with Gasteiger partial charge in [0.1, 0.15) is 0 Å². The summed E-state index contributed by atoms with van der Waals surface area (Å²) in [5, 5.41) is 4.79. The Hall–Kier alpha value is -2.26. The number of nitrogens with zero attached hydrogens (tertiary/aromatic N) is 2. The summed E-state index contributed by atoms with van der Waals surface area (Å²) in [4.78, 5) is 22.7. The predicted molar refractivity (Wildman–Crippen MR) is 67.8 cm³/mol. The number of ether oxygens (including phenoxy) is 1. The highest BCUT2D eigenvalue weighted by Gasteiger charge is 2.30. The number of hydrogen-bond donors (Lipinski definition) is 1. The molecule has 0 aromatic heterocycles. The van der Waals surface area contributed by atoms with Gasteiger partial charge in [-0.25, -0.2) is 4.79 Å². The van der Waals surface area contributed by atoms with Crippen LogP contribution in [0.3, 0.4) is 0 Å². The van der Waals surface area contributed by atoms with Crippen molar-refractivity contribution in [3.63, 3.8) is 0 Å². The van der Waals surface area contributed by atoms with Crippen LogP contribution in [0, 0.1) is 0 Å². The number of anilines is 1.